The van der Waals surface area contributed by atoms with E-state index < -0.39 is 11.5 Å². The fraction of sp³-hybridized carbons (Fsp3) is 0.733. The Balaban J connectivity index is 1.57. The Morgan fingerprint density at radius 1 is 1.41 bits per heavy atom. The minimum absolute atomic E-state index is 0.311. The van der Waals surface area contributed by atoms with Crippen molar-refractivity contribution < 1.29 is 14.6 Å². The quantitative estimate of drug-likeness (QED) is 0.842. The highest BCUT2D eigenvalue weighted by Gasteiger charge is 2.48. The number of hydrogen-bond acceptors (Lipinski definition) is 5. The molecule has 2 fully saturated rings. The van der Waals surface area contributed by atoms with Crippen LogP contribution in [0.1, 0.15) is 18.9 Å². The Hall–Kier alpha value is -1.44. The summed E-state index contributed by atoms with van der Waals surface area (Å²) in [4.78, 5) is 16.1. The van der Waals surface area contributed by atoms with Crippen molar-refractivity contribution in [2.45, 2.75) is 32.0 Å². The van der Waals surface area contributed by atoms with E-state index in [4.69, 9.17) is 4.74 Å². The standard InChI is InChI=1S/C15H24N4O3/c1-2-19-11-13(9-16-19)10-17-4-6-18(7-5-17)15(14(20)21)3-8-22-12-15/h9,11H,2-8,10,12H2,1H3,(H,20,21). The van der Waals surface area contributed by atoms with Gasteiger partial charge in [-0.2, -0.15) is 5.10 Å². The van der Waals surface area contributed by atoms with Crippen LogP contribution in [-0.2, 0) is 22.6 Å². The molecule has 7 heteroatoms. The molecular weight excluding hydrogens is 284 g/mol. The Morgan fingerprint density at radius 2 is 2.18 bits per heavy atom. The monoisotopic (exact) mass is 308 g/mol. The molecule has 1 aromatic rings. The number of hydrogen-bond donors (Lipinski definition) is 1. The van der Waals surface area contributed by atoms with Crippen LogP contribution in [0.25, 0.3) is 0 Å². The van der Waals surface area contributed by atoms with E-state index in [2.05, 4.69) is 28.0 Å². The molecule has 7 nitrogen and oxygen atoms in total. The molecule has 0 spiro atoms. The van der Waals surface area contributed by atoms with Gasteiger partial charge in [0.1, 0.15) is 5.54 Å². The van der Waals surface area contributed by atoms with Crippen LogP contribution >= 0.6 is 0 Å². The van der Waals surface area contributed by atoms with Crippen molar-refractivity contribution in [3.8, 4) is 0 Å². The molecule has 0 bridgehead atoms. The molecule has 0 aromatic carbocycles. The zero-order chi connectivity index (χ0) is 15.6. The molecule has 1 aromatic heterocycles. The number of ether oxygens (including phenoxy) is 1. The molecule has 0 saturated carbocycles. The van der Waals surface area contributed by atoms with Gasteiger partial charge in [0.25, 0.3) is 0 Å². The minimum atomic E-state index is -0.806. The molecule has 0 amide bonds. The first-order valence-corrected chi connectivity index (χ1v) is 7.94. The SMILES string of the molecule is CCn1cc(CN2CCN(C3(C(=O)O)CCOC3)CC2)cn1. The Kier molecular flexibility index (Phi) is 4.46. The van der Waals surface area contributed by atoms with Crippen LogP contribution in [0.2, 0.25) is 0 Å². The van der Waals surface area contributed by atoms with Crippen LogP contribution in [0, 0.1) is 0 Å². The maximum Gasteiger partial charge on any atom is 0.326 e. The summed E-state index contributed by atoms with van der Waals surface area (Å²) in [6.45, 7) is 8.01. The zero-order valence-electron chi connectivity index (χ0n) is 13.1. The van der Waals surface area contributed by atoms with E-state index in [1.165, 1.54) is 5.56 Å². The summed E-state index contributed by atoms with van der Waals surface area (Å²) < 4.78 is 7.30. The van der Waals surface area contributed by atoms with Crippen LogP contribution in [0.3, 0.4) is 0 Å². The summed E-state index contributed by atoms with van der Waals surface area (Å²) in [5.74, 6) is -0.748. The number of piperazine rings is 1. The third kappa shape index (κ3) is 2.88. The minimum Gasteiger partial charge on any atom is -0.480 e. The van der Waals surface area contributed by atoms with Crippen molar-refractivity contribution >= 4 is 5.97 Å². The fourth-order valence-corrected chi connectivity index (χ4v) is 3.36. The van der Waals surface area contributed by atoms with Gasteiger partial charge in [-0.05, 0) is 6.92 Å². The molecule has 22 heavy (non-hydrogen) atoms. The number of carboxylic acids is 1. The molecule has 2 aliphatic rings. The number of carbonyl (C=O) groups is 1. The van der Waals surface area contributed by atoms with Crippen molar-refractivity contribution in [1.82, 2.24) is 19.6 Å². The molecule has 2 saturated heterocycles. The van der Waals surface area contributed by atoms with Gasteiger partial charge >= 0.3 is 5.97 Å². The van der Waals surface area contributed by atoms with E-state index in [9.17, 15) is 9.90 Å². The van der Waals surface area contributed by atoms with Crippen molar-refractivity contribution in [2.75, 3.05) is 39.4 Å². The second kappa shape index (κ2) is 6.36. The predicted octanol–water partition coefficient (Wildman–Crippen LogP) is 0.264. The summed E-state index contributed by atoms with van der Waals surface area (Å²) in [5, 5.41) is 13.9. The summed E-state index contributed by atoms with van der Waals surface area (Å²) in [5.41, 5.74) is 0.409. The summed E-state index contributed by atoms with van der Waals surface area (Å²) >= 11 is 0. The third-order valence-corrected chi connectivity index (χ3v) is 4.79. The maximum absolute atomic E-state index is 11.7. The Bertz CT molecular complexity index is 517. The predicted molar refractivity (Wildman–Crippen MR) is 80.6 cm³/mol. The lowest BCUT2D eigenvalue weighted by molar-refractivity contribution is -0.153. The van der Waals surface area contributed by atoms with E-state index in [0.717, 1.165) is 39.3 Å². The average Bonchev–Trinajstić information content (AvgIpc) is 3.17. The van der Waals surface area contributed by atoms with Crippen LogP contribution in [0.4, 0.5) is 0 Å². The van der Waals surface area contributed by atoms with Crippen LogP contribution in [0.5, 0.6) is 0 Å². The average molecular weight is 308 g/mol. The molecular formula is C15H24N4O3. The van der Waals surface area contributed by atoms with Crippen molar-refractivity contribution in [3.05, 3.63) is 18.0 Å². The summed E-state index contributed by atoms with van der Waals surface area (Å²) in [6.07, 6.45) is 4.58. The van der Waals surface area contributed by atoms with Crippen LogP contribution in [-0.4, -0.2) is 75.6 Å². The smallest absolute Gasteiger partial charge is 0.326 e. The van der Waals surface area contributed by atoms with E-state index >= 15 is 0 Å². The first kappa shape index (κ1) is 15.5. The maximum atomic E-state index is 11.7. The molecule has 122 valence electrons. The third-order valence-electron chi connectivity index (χ3n) is 4.79. The number of aromatic nitrogens is 2. The van der Waals surface area contributed by atoms with Gasteiger partial charge in [-0.1, -0.05) is 0 Å². The second-order valence-electron chi connectivity index (χ2n) is 6.11. The molecule has 1 atom stereocenters. The highest BCUT2D eigenvalue weighted by Crippen LogP contribution is 2.28. The number of aryl methyl sites for hydroxylation is 1. The van der Waals surface area contributed by atoms with Crippen molar-refractivity contribution in [3.63, 3.8) is 0 Å². The zero-order valence-corrected chi connectivity index (χ0v) is 13.1. The van der Waals surface area contributed by atoms with Gasteiger partial charge in [0.05, 0.1) is 12.8 Å². The number of rotatable bonds is 5. The summed E-state index contributed by atoms with van der Waals surface area (Å²) in [6, 6.07) is 0. The molecule has 2 aliphatic heterocycles. The Morgan fingerprint density at radius 3 is 2.73 bits per heavy atom. The fourth-order valence-electron chi connectivity index (χ4n) is 3.36. The first-order chi connectivity index (χ1) is 10.6. The highest BCUT2D eigenvalue weighted by molar-refractivity contribution is 5.79. The molecule has 0 radical (unpaired) electrons. The second-order valence-corrected chi connectivity index (χ2v) is 6.11. The van der Waals surface area contributed by atoms with E-state index in [0.29, 0.717) is 19.6 Å². The lowest BCUT2D eigenvalue weighted by Crippen LogP contribution is -2.61. The van der Waals surface area contributed by atoms with Crippen molar-refractivity contribution in [1.29, 1.82) is 0 Å². The number of nitrogens with zero attached hydrogens (tertiary/aromatic N) is 4. The Labute approximate surface area is 130 Å². The van der Waals surface area contributed by atoms with Gasteiger partial charge in [0, 0.05) is 64.1 Å². The highest BCUT2D eigenvalue weighted by atomic mass is 16.5. The topological polar surface area (TPSA) is 70.8 Å². The summed E-state index contributed by atoms with van der Waals surface area (Å²) in [7, 11) is 0. The molecule has 3 rings (SSSR count). The van der Waals surface area contributed by atoms with E-state index in [-0.39, 0.29) is 0 Å². The number of carboxylic acid groups (broad SMARTS) is 1. The van der Waals surface area contributed by atoms with Gasteiger partial charge < -0.3 is 9.84 Å². The van der Waals surface area contributed by atoms with Crippen molar-refractivity contribution in [2.24, 2.45) is 0 Å². The van der Waals surface area contributed by atoms with Gasteiger partial charge in [-0.3, -0.25) is 19.3 Å². The molecule has 0 aliphatic carbocycles. The number of aliphatic carboxylic acids is 1. The lowest BCUT2D eigenvalue weighted by atomic mass is 9.95. The molecule has 1 unspecified atom stereocenters. The largest absolute Gasteiger partial charge is 0.480 e. The van der Waals surface area contributed by atoms with Gasteiger partial charge in [-0.25, -0.2) is 0 Å². The lowest BCUT2D eigenvalue weighted by Gasteiger charge is -2.42. The van der Waals surface area contributed by atoms with Crippen LogP contribution in [0.15, 0.2) is 12.4 Å². The van der Waals surface area contributed by atoms with Gasteiger partial charge in [-0.15, -0.1) is 0 Å². The van der Waals surface area contributed by atoms with Gasteiger partial charge in [0.2, 0.25) is 0 Å². The van der Waals surface area contributed by atoms with Gasteiger partial charge in [0.15, 0.2) is 0 Å². The normalized spacial score (nSPS) is 27.3. The van der Waals surface area contributed by atoms with Crippen LogP contribution < -0.4 is 0 Å². The first-order valence-electron chi connectivity index (χ1n) is 7.94. The van der Waals surface area contributed by atoms with E-state index in [1.54, 1.807) is 0 Å². The van der Waals surface area contributed by atoms with E-state index in [1.807, 2.05) is 10.9 Å². The molecule has 3 heterocycles. The molecule has 1 N–H and O–H groups in total.